The van der Waals surface area contributed by atoms with Gasteiger partial charge in [0.2, 0.25) is 0 Å². The maximum absolute atomic E-state index is 5.42. The van der Waals surface area contributed by atoms with Crippen molar-refractivity contribution in [2.75, 3.05) is 20.2 Å². The van der Waals surface area contributed by atoms with Crippen LogP contribution in [0.5, 0.6) is 5.75 Å². The van der Waals surface area contributed by atoms with Crippen molar-refractivity contribution in [2.45, 2.75) is 65.5 Å². The Labute approximate surface area is 197 Å². The maximum atomic E-state index is 5.42. The van der Waals surface area contributed by atoms with E-state index in [1.165, 1.54) is 5.56 Å². The minimum atomic E-state index is 0. The number of aliphatic imine (C=N–C) groups is 1. The predicted molar refractivity (Wildman–Crippen MR) is 132 cm³/mol. The molecule has 2 heterocycles. The molecular weight excluding hydrogens is 491 g/mol. The molecule has 1 atom stereocenters. The molecule has 2 aromatic rings. The van der Waals surface area contributed by atoms with Crippen molar-refractivity contribution in [1.82, 2.24) is 25.4 Å². The zero-order chi connectivity index (χ0) is 20.8. The van der Waals surface area contributed by atoms with Gasteiger partial charge in [-0.3, -0.25) is 4.99 Å². The first-order valence-corrected chi connectivity index (χ1v) is 10.6. The van der Waals surface area contributed by atoms with Gasteiger partial charge in [-0.1, -0.05) is 26.0 Å². The fourth-order valence-electron chi connectivity index (χ4n) is 3.52. The van der Waals surface area contributed by atoms with Crippen LogP contribution in [0.15, 0.2) is 23.2 Å². The van der Waals surface area contributed by atoms with E-state index in [2.05, 4.69) is 71.3 Å². The molecule has 3 rings (SSSR count). The van der Waals surface area contributed by atoms with Gasteiger partial charge in [0.15, 0.2) is 11.8 Å². The number of ether oxygens (including phenoxy) is 1. The average molecular weight is 526 g/mol. The van der Waals surface area contributed by atoms with E-state index in [1.807, 2.05) is 0 Å². The molecule has 0 radical (unpaired) electrons. The molecule has 0 saturated heterocycles. The van der Waals surface area contributed by atoms with Crippen molar-refractivity contribution in [1.29, 1.82) is 0 Å². The Kier molecular flexibility index (Phi) is 9.38. The fourth-order valence-corrected chi connectivity index (χ4v) is 3.52. The molecule has 1 unspecified atom stereocenters. The second kappa shape index (κ2) is 11.5. The molecule has 30 heavy (non-hydrogen) atoms. The quantitative estimate of drug-likeness (QED) is 0.329. The number of nitrogens with zero attached hydrogens (tertiary/aromatic N) is 4. The Balaban J connectivity index is 0.00000320. The van der Waals surface area contributed by atoms with Crippen LogP contribution in [0.2, 0.25) is 0 Å². The zero-order valence-electron chi connectivity index (χ0n) is 18.7. The highest BCUT2D eigenvalue weighted by atomic mass is 127. The number of aromatic nitrogens is 3. The maximum Gasteiger partial charge on any atom is 0.191 e. The van der Waals surface area contributed by atoms with Crippen molar-refractivity contribution in [3.05, 3.63) is 41.0 Å². The lowest BCUT2D eigenvalue weighted by Crippen LogP contribution is -2.47. The van der Waals surface area contributed by atoms with Gasteiger partial charge in [0, 0.05) is 31.5 Å². The summed E-state index contributed by atoms with van der Waals surface area (Å²) in [5, 5.41) is 11.6. The number of rotatable bonds is 7. The van der Waals surface area contributed by atoms with Crippen LogP contribution in [0.3, 0.4) is 0 Å². The predicted octanol–water partition coefficient (Wildman–Crippen LogP) is 3.45. The third-order valence-electron chi connectivity index (χ3n) is 5.22. The highest BCUT2D eigenvalue weighted by Crippen LogP contribution is 2.19. The number of halogens is 1. The molecule has 8 heteroatoms. The molecule has 1 aromatic carbocycles. The summed E-state index contributed by atoms with van der Waals surface area (Å²) in [6, 6.07) is 6.66. The topological polar surface area (TPSA) is 76.4 Å². The molecule has 0 amide bonds. The SMILES string of the molecule is CCNC(=NCCc1ccc(C)c(OC)c1)NC1CCc2nc(C(C)C)nn2C1.I. The Morgan fingerprint density at radius 3 is 2.87 bits per heavy atom. The highest BCUT2D eigenvalue weighted by Gasteiger charge is 2.23. The van der Waals surface area contributed by atoms with E-state index in [9.17, 15) is 0 Å². The lowest BCUT2D eigenvalue weighted by molar-refractivity contribution is 0.391. The number of aryl methyl sites for hydroxylation is 2. The average Bonchev–Trinajstić information content (AvgIpc) is 3.13. The highest BCUT2D eigenvalue weighted by molar-refractivity contribution is 14.0. The molecule has 0 fully saturated rings. The lowest BCUT2D eigenvalue weighted by atomic mass is 10.1. The van der Waals surface area contributed by atoms with Crippen LogP contribution < -0.4 is 15.4 Å². The van der Waals surface area contributed by atoms with Gasteiger partial charge in [0.1, 0.15) is 11.6 Å². The molecule has 0 aliphatic carbocycles. The normalized spacial score (nSPS) is 16.1. The molecule has 166 valence electrons. The minimum Gasteiger partial charge on any atom is -0.496 e. The van der Waals surface area contributed by atoms with Crippen LogP contribution in [0.1, 0.15) is 55.9 Å². The largest absolute Gasteiger partial charge is 0.496 e. The van der Waals surface area contributed by atoms with Crippen molar-refractivity contribution < 1.29 is 4.74 Å². The molecule has 1 aliphatic rings. The summed E-state index contributed by atoms with van der Waals surface area (Å²) in [6.45, 7) is 10.8. The molecule has 2 N–H and O–H groups in total. The Morgan fingerprint density at radius 2 is 2.17 bits per heavy atom. The van der Waals surface area contributed by atoms with Gasteiger partial charge in [-0.2, -0.15) is 5.10 Å². The number of fused-ring (bicyclic) bond motifs is 1. The van der Waals surface area contributed by atoms with Crippen molar-refractivity contribution in [2.24, 2.45) is 4.99 Å². The summed E-state index contributed by atoms with van der Waals surface area (Å²) in [7, 11) is 1.71. The smallest absolute Gasteiger partial charge is 0.191 e. The van der Waals surface area contributed by atoms with Gasteiger partial charge in [0.25, 0.3) is 0 Å². The second-order valence-electron chi connectivity index (χ2n) is 7.92. The summed E-state index contributed by atoms with van der Waals surface area (Å²) >= 11 is 0. The number of hydrogen-bond acceptors (Lipinski definition) is 4. The number of benzene rings is 1. The number of hydrogen-bond donors (Lipinski definition) is 2. The number of nitrogens with one attached hydrogen (secondary N) is 2. The van der Waals surface area contributed by atoms with Crippen molar-refractivity contribution in [3.8, 4) is 5.75 Å². The van der Waals surface area contributed by atoms with Crippen LogP contribution in [0, 0.1) is 6.92 Å². The summed E-state index contributed by atoms with van der Waals surface area (Å²) in [5.74, 6) is 4.20. The summed E-state index contributed by atoms with van der Waals surface area (Å²) < 4.78 is 7.48. The lowest BCUT2D eigenvalue weighted by Gasteiger charge is -2.25. The van der Waals surface area contributed by atoms with Gasteiger partial charge >= 0.3 is 0 Å². The van der Waals surface area contributed by atoms with Crippen LogP contribution >= 0.6 is 24.0 Å². The Bertz CT molecular complexity index is 848. The zero-order valence-corrected chi connectivity index (χ0v) is 21.1. The van der Waals surface area contributed by atoms with E-state index >= 15 is 0 Å². The molecule has 1 aromatic heterocycles. The van der Waals surface area contributed by atoms with Crippen LogP contribution in [-0.2, 0) is 19.4 Å². The third kappa shape index (κ3) is 6.33. The molecule has 0 saturated carbocycles. The first kappa shape index (κ1) is 24.4. The van der Waals surface area contributed by atoms with Crippen LogP contribution in [0.25, 0.3) is 0 Å². The molecule has 0 bridgehead atoms. The Hall–Kier alpha value is -1.84. The second-order valence-corrected chi connectivity index (χ2v) is 7.92. The van der Waals surface area contributed by atoms with Gasteiger partial charge in [-0.15, -0.1) is 24.0 Å². The standard InChI is InChI=1S/C22H34N6O.HI/c1-6-23-22(24-12-11-17-8-7-16(4)19(13-17)29-5)25-18-9-10-20-26-21(15(2)3)27-28(20)14-18;/h7-8,13,15,18H,6,9-12,14H2,1-5H3,(H2,23,24,25);1H. The molecule has 0 spiro atoms. The summed E-state index contributed by atoms with van der Waals surface area (Å²) in [5.41, 5.74) is 2.39. The van der Waals surface area contributed by atoms with Gasteiger partial charge in [-0.25, -0.2) is 9.67 Å². The van der Waals surface area contributed by atoms with Crippen LogP contribution in [-0.4, -0.2) is 47.0 Å². The van der Waals surface area contributed by atoms with E-state index < -0.39 is 0 Å². The minimum absolute atomic E-state index is 0. The molecular formula is C22H35IN6O. The van der Waals surface area contributed by atoms with E-state index in [1.54, 1.807) is 7.11 Å². The van der Waals surface area contributed by atoms with Gasteiger partial charge in [0.05, 0.1) is 13.7 Å². The first-order chi connectivity index (χ1) is 14.0. The van der Waals surface area contributed by atoms with Crippen molar-refractivity contribution >= 4 is 29.9 Å². The first-order valence-electron chi connectivity index (χ1n) is 10.6. The van der Waals surface area contributed by atoms with E-state index in [0.717, 1.165) is 67.8 Å². The fraction of sp³-hybridized carbons (Fsp3) is 0.591. The van der Waals surface area contributed by atoms with Crippen LogP contribution in [0.4, 0.5) is 0 Å². The van der Waals surface area contributed by atoms with Crippen molar-refractivity contribution in [3.63, 3.8) is 0 Å². The monoisotopic (exact) mass is 526 g/mol. The summed E-state index contributed by atoms with van der Waals surface area (Å²) in [6.07, 6.45) is 2.86. The Morgan fingerprint density at radius 1 is 1.37 bits per heavy atom. The third-order valence-corrected chi connectivity index (χ3v) is 5.22. The molecule has 7 nitrogen and oxygen atoms in total. The van der Waals surface area contributed by atoms with E-state index in [4.69, 9.17) is 9.73 Å². The summed E-state index contributed by atoms with van der Waals surface area (Å²) in [4.78, 5) is 9.45. The van der Waals surface area contributed by atoms with E-state index in [-0.39, 0.29) is 24.0 Å². The number of guanidine groups is 1. The molecule has 1 aliphatic heterocycles. The van der Waals surface area contributed by atoms with E-state index in [0.29, 0.717) is 12.0 Å². The van der Waals surface area contributed by atoms with Gasteiger partial charge < -0.3 is 15.4 Å². The van der Waals surface area contributed by atoms with Gasteiger partial charge in [-0.05, 0) is 43.9 Å². The number of methoxy groups -OCH3 is 1.